The van der Waals surface area contributed by atoms with Gasteiger partial charge in [0.05, 0.1) is 10.7 Å². The van der Waals surface area contributed by atoms with Gasteiger partial charge in [-0.2, -0.15) is 0 Å². The fourth-order valence-corrected chi connectivity index (χ4v) is 3.27. The summed E-state index contributed by atoms with van der Waals surface area (Å²) in [5, 5.41) is 4.69. The quantitative estimate of drug-likeness (QED) is 0.834. The topological polar surface area (TPSA) is 46.9 Å². The van der Waals surface area contributed by atoms with Crippen LogP contribution in [0.15, 0.2) is 11.6 Å². The summed E-state index contributed by atoms with van der Waals surface area (Å²) in [4.78, 5) is 16.9. The van der Waals surface area contributed by atoms with Crippen molar-refractivity contribution in [2.75, 3.05) is 5.32 Å². The van der Waals surface area contributed by atoms with Crippen LogP contribution in [0, 0.1) is 5.92 Å². The van der Waals surface area contributed by atoms with E-state index in [1.807, 2.05) is 30.6 Å². The number of amides is 1. The normalized spacial score (nSPS) is 15.7. The van der Waals surface area contributed by atoms with E-state index in [9.17, 15) is 4.79 Å². The summed E-state index contributed by atoms with van der Waals surface area (Å²) in [6.45, 7) is 11.2. The van der Waals surface area contributed by atoms with Gasteiger partial charge in [-0.3, -0.25) is 10.1 Å². The number of hydrogen-bond donors (Lipinski definition) is 1. The number of rotatable bonds is 7. The number of hydrogen-bond acceptors (Lipinski definition) is 2. The molecule has 4 nitrogen and oxygen atoms in total. The number of allylic oxidation sites excluding steroid dienone is 2. The third kappa shape index (κ3) is 5.08. The van der Waals surface area contributed by atoms with Crippen molar-refractivity contribution >= 4 is 24.5 Å². The first-order chi connectivity index (χ1) is 11.5. The standard InChI is InChI=1S/C20H31N3O/c1-5-14-23-16(4)18(12-10-15(2)3)21-20(23)22-19(24)13-11-17-8-6-7-9-17/h10,12,17H,4-9,11,13-14H2,1-3H3,(H,21,22,24)/b18-12+. The Kier molecular flexibility index (Phi) is 6.83. The summed E-state index contributed by atoms with van der Waals surface area (Å²) >= 11 is 0. The van der Waals surface area contributed by atoms with Crippen molar-refractivity contribution in [3.63, 3.8) is 0 Å². The molecule has 0 unspecified atom stereocenters. The molecule has 2 rings (SSSR count). The van der Waals surface area contributed by atoms with Crippen LogP contribution in [0.25, 0.3) is 12.7 Å². The van der Waals surface area contributed by atoms with Crippen molar-refractivity contribution in [3.05, 3.63) is 22.3 Å². The lowest BCUT2D eigenvalue weighted by atomic mass is 10.0. The molecule has 0 aliphatic heterocycles. The smallest absolute Gasteiger partial charge is 0.226 e. The van der Waals surface area contributed by atoms with Crippen molar-refractivity contribution in [1.29, 1.82) is 0 Å². The Bertz CT molecular complexity index is 689. The average molecular weight is 329 g/mol. The van der Waals surface area contributed by atoms with Crippen LogP contribution >= 0.6 is 0 Å². The maximum Gasteiger partial charge on any atom is 0.226 e. The first-order valence-electron chi connectivity index (χ1n) is 9.21. The molecule has 1 saturated carbocycles. The second-order valence-corrected chi connectivity index (χ2v) is 7.07. The molecule has 1 fully saturated rings. The lowest BCUT2D eigenvalue weighted by molar-refractivity contribution is -0.116. The zero-order valence-corrected chi connectivity index (χ0v) is 15.4. The monoisotopic (exact) mass is 329 g/mol. The van der Waals surface area contributed by atoms with Crippen molar-refractivity contribution in [2.24, 2.45) is 5.92 Å². The highest BCUT2D eigenvalue weighted by Gasteiger charge is 2.17. The van der Waals surface area contributed by atoms with Gasteiger partial charge >= 0.3 is 0 Å². The molecule has 1 aromatic rings. The fraction of sp³-hybridized carbons (Fsp3) is 0.600. The van der Waals surface area contributed by atoms with Crippen molar-refractivity contribution < 1.29 is 4.79 Å². The Hall–Kier alpha value is -1.84. The summed E-state index contributed by atoms with van der Waals surface area (Å²) in [5.74, 6) is 1.43. The molecule has 24 heavy (non-hydrogen) atoms. The highest BCUT2D eigenvalue weighted by Crippen LogP contribution is 2.28. The van der Waals surface area contributed by atoms with E-state index in [1.165, 1.54) is 31.3 Å². The maximum absolute atomic E-state index is 12.3. The SMILES string of the molecule is C=c1/c(=C\C=C(C)C)nc(NC(=O)CCC2CCCC2)n1CCC. The first kappa shape index (κ1) is 18.5. The molecular weight excluding hydrogens is 298 g/mol. The fourth-order valence-electron chi connectivity index (χ4n) is 3.27. The van der Waals surface area contributed by atoms with E-state index in [4.69, 9.17) is 0 Å². The van der Waals surface area contributed by atoms with Gasteiger partial charge in [0, 0.05) is 13.0 Å². The van der Waals surface area contributed by atoms with Crippen LogP contribution in [0.2, 0.25) is 0 Å². The number of carbonyl (C=O) groups excluding carboxylic acids is 1. The number of aromatic nitrogens is 2. The molecule has 1 N–H and O–H groups in total. The lowest BCUT2D eigenvalue weighted by Gasteiger charge is -2.10. The third-order valence-electron chi connectivity index (χ3n) is 4.63. The van der Waals surface area contributed by atoms with Gasteiger partial charge in [-0.15, -0.1) is 0 Å². The van der Waals surface area contributed by atoms with Crippen LogP contribution in [-0.4, -0.2) is 15.5 Å². The zero-order valence-electron chi connectivity index (χ0n) is 15.4. The highest BCUT2D eigenvalue weighted by atomic mass is 16.1. The van der Waals surface area contributed by atoms with E-state index < -0.39 is 0 Å². The molecule has 0 aromatic carbocycles. The van der Waals surface area contributed by atoms with Gasteiger partial charge in [0.15, 0.2) is 0 Å². The largest absolute Gasteiger partial charge is 0.310 e. The van der Waals surface area contributed by atoms with Crippen molar-refractivity contribution in [3.8, 4) is 0 Å². The molecule has 1 aliphatic carbocycles. The number of anilines is 1. The van der Waals surface area contributed by atoms with Crippen LogP contribution in [0.5, 0.6) is 0 Å². The van der Waals surface area contributed by atoms with Gasteiger partial charge < -0.3 is 4.57 Å². The van der Waals surface area contributed by atoms with Crippen molar-refractivity contribution in [2.45, 2.75) is 72.3 Å². The van der Waals surface area contributed by atoms with E-state index in [0.29, 0.717) is 12.4 Å². The van der Waals surface area contributed by atoms with Gasteiger partial charge in [0.2, 0.25) is 11.9 Å². The first-order valence-corrected chi connectivity index (χ1v) is 9.21. The zero-order chi connectivity index (χ0) is 17.5. The summed E-state index contributed by atoms with van der Waals surface area (Å²) in [6, 6.07) is 0. The van der Waals surface area contributed by atoms with Crippen LogP contribution in [0.1, 0.15) is 65.7 Å². The Morgan fingerprint density at radius 3 is 2.71 bits per heavy atom. The molecule has 0 saturated heterocycles. The number of carbonyl (C=O) groups is 1. The van der Waals surface area contributed by atoms with Gasteiger partial charge in [-0.05, 0) is 38.7 Å². The van der Waals surface area contributed by atoms with Gasteiger partial charge in [-0.25, -0.2) is 4.98 Å². The van der Waals surface area contributed by atoms with Gasteiger partial charge in [-0.1, -0.05) is 50.8 Å². The number of nitrogens with one attached hydrogen (secondary N) is 1. The van der Waals surface area contributed by atoms with Crippen LogP contribution in [0.3, 0.4) is 0 Å². The van der Waals surface area contributed by atoms with Gasteiger partial charge in [0.1, 0.15) is 0 Å². The van der Waals surface area contributed by atoms with E-state index in [2.05, 4.69) is 23.8 Å². The molecule has 0 atom stereocenters. The predicted molar refractivity (Wildman–Crippen MR) is 101 cm³/mol. The molecule has 1 heterocycles. The second-order valence-electron chi connectivity index (χ2n) is 7.07. The highest BCUT2D eigenvalue weighted by molar-refractivity contribution is 5.89. The van der Waals surface area contributed by atoms with Crippen LogP contribution in [-0.2, 0) is 11.3 Å². The van der Waals surface area contributed by atoms with Crippen LogP contribution in [0.4, 0.5) is 5.95 Å². The lowest BCUT2D eigenvalue weighted by Crippen LogP contribution is -2.28. The van der Waals surface area contributed by atoms with E-state index >= 15 is 0 Å². The van der Waals surface area contributed by atoms with Gasteiger partial charge in [0.25, 0.3) is 0 Å². The van der Waals surface area contributed by atoms with Crippen LogP contribution < -0.4 is 16.0 Å². The summed E-state index contributed by atoms with van der Waals surface area (Å²) in [5.41, 5.74) is 1.21. The molecule has 1 aromatic heterocycles. The maximum atomic E-state index is 12.3. The minimum absolute atomic E-state index is 0.0676. The molecule has 0 radical (unpaired) electrons. The number of imidazole rings is 1. The second kappa shape index (κ2) is 8.86. The predicted octanol–water partition coefficient (Wildman–Crippen LogP) is 3.36. The molecule has 0 bridgehead atoms. The molecule has 1 amide bonds. The number of nitrogens with zero attached hydrogens (tertiary/aromatic N) is 2. The Balaban J connectivity index is 2.11. The Morgan fingerprint density at radius 1 is 1.38 bits per heavy atom. The summed E-state index contributed by atoms with van der Waals surface area (Å²) in [6.07, 6.45) is 11.8. The van der Waals surface area contributed by atoms with Crippen molar-refractivity contribution in [1.82, 2.24) is 9.55 Å². The average Bonchev–Trinajstić information content (AvgIpc) is 3.15. The molecule has 132 valence electrons. The van der Waals surface area contributed by atoms with E-state index in [1.54, 1.807) is 0 Å². The van der Waals surface area contributed by atoms with E-state index in [0.717, 1.165) is 36.0 Å². The minimum atomic E-state index is 0.0676. The van der Waals surface area contributed by atoms with E-state index in [-0.39, 0.29) is 5.91 Å². The molecule has 0 spiro atoms. The molecule has 4 heteroatoms. The Morgan fingerprint density at radius 2 is 2.08 bits per heavy atom. The third-order valence-corrected chi connectivity index (χ3v) is 4.63. The molecular formula is C20H31N3O. The molecule has 1 aliphatic rings. The summed E-state index contributed by atoms with van der Waals surface area (Å²) < 4.78 is 2.01. The summed E-state index contributed by atoms with van der Waals surface area (Å²) in [7, 11) is 0. The minimum Gasteiger partial charge on any atom is -0.310 e. The Labute approximate surface area is 145 Å².